The fourth-order valence-electron chi connectivity index (χ4n) is 1.64. The van der Waals surface area contributed by atoms with Crippen molar-refractivity contribution in [2.45, 2.75) is 19.9 Å². The summed E-state index contributed by atoms with van der Waals surface area (Å²) in [7, 11) is -3.09. The maximum Gasteiger partial charge on any atom is 0.251 e. The molecule has 6 heteroatoms. The van der Waals surface area contributed by atoms with E-state index in [-0.39, 0.29) is 11.7 Å². The molecule has 0 aliphatic heterocycles. The molecule has 0 spiro atoms. The van der Waals surface area contributed by atoms with Crippen molar-refractivity contribution in [3.63, 3.8) is 0 Å². The summed E-state index contributed by atoms with van der Waals surface area (Å²) in [6.07, 6.45) is 1.15. The van der Waals surface area contributed by atoms with Gasteiger partial charge in [0.05, 0.1) is 5.75 Å². The van der Waals surface area contributed by atoms with Gasteiger partial charge in [0, 0.05) is 22.3 Å². The second-order valence-corrected chi connectivity index (χ2v) is 7.53. The Hall–Kier alpha value is -0.880. The quantitative estimate of drug-likeness (QED) is 0.915. The SMILES string of the molecule is Cc1ccc(Br)cc1C(=O)N[C@@H](C)CS(C)(=O)=O. The average molecular weight is 334 g/mol. The number of carbonyl (C=O) groups is 1. The van der Waals surface area contributed by atoms with Crippen LogP contribution in [-0.4, -0.2) is 32.4 Å². The van der Waals surface area contributed by atoms with Crippen molar-refractivity contribution < 1.29 is 13.2 Å². The third kappa shape index (κ3) is 4.78. The second-order valence-electron chi connectivity index (χ2n) is 4.43. The van der Waals surface area contributed by atoms with Gasteiger partial charge in [-0.15, -0.1) is 0 Å². The third-order valence-corrected chi connectivity index (χ3v) is 3.97. The van der Waals surface area contributed by atoms with E-state index >= 15 is 0 Å². The number of hydrogen-bond acceptors (Lipinski definition) is 3. The maximum absolute atomic E-state index is 12.0. The first-order valence-electron chi connectivity index (χ1n) is 5.44. The van der Waals surface area contributed by atoms with Crippen LogP contribution in [0.15, 0.2) is 22.7 Å². The van der Waals surface area contributed by atoms with E-state index in [4.69, 9.17) is 0 Å². The van der Waals surface area contributed by atoms with Crippen LogP contribution >= 0.6 is 15.9 Å². The van der Waals surface area contributed by atoms with Crippen molar-refractivity contribution in [1.29, 1.82) is 0 Å². The highest BCUT2D eigenvalue weighted by molar-refractivity contribution is 9.10. The number of rotatable bonds is 4. The summed E-state index contributed by atoms with van der Waals surface area (Å²) in [5, 5.41) is 2.68. The van der Waals surface area contributed by atoms with Gasteiger partial charge >= 0.3 is 0 Å². The lowest BCUT2D eigenvalue weighted by Crippen LogP contribution is -2.37. The third-order valence-electron chi connectivity index (χ3n) is 2.37. The maximum atomic E-state index is 12.0. The van der Waals surface area contributed by atoms with Crippen LogP contribution in [0.25, 0.3) is 0 Å². The molecule has 0 aliphatic carbocycles. The number of benzene rings is 1. The summed E-state index contributed by atoms with van der Waals surface area (Å²) in [5.74, 6) is -0.323. The van der Waals surface area contributed by atoms with Crippen LogP contribution < -0.4 is 5.32 Å². The summed E-state index contributed by atoms with van der Waals surface area (Å²) >= 11 is 3.30. The highest BCUT2D eigenvalue weighted by Crippen LogP contribution is 2.16. The molecule has 100 valence electrons. The Kier molecular flexibility index (Phi) is 4.92. The van der Waals surface area contributed by atoms with Gasteiger partial charge < -0.3 is 5.32 Å². The van der Waals surface area contributed by atoms with Crippen molar-refractivity contribution in [2.75, 3.05) is 12.0 Å². The fraction of sp³-hybridized carbons (Fsp3) is 0.417. The molecule has 1 aromatic carbocycles. The van der Waals surface area contributed by atoms with E-state index in [1.54, 1.807) is 13.0 Å². The van der Waals surface area contributed by atoms with Gasteiger partial charge in [0.1, 0.15) is 9.84 Å². The zero-order valence-electron chi connectivity index (χ0n) is 10.5. The molecule has 1 N–H and O–H groups in total. The topological polar surface area (TPSA) is 63.2 Å². The van der Waals surface area contributed by atoms with E-state index < -0.39 is 15.9 Å². The predicted molar refractivity (Wildman–Crippen MR) is 75.5 cm³/mol. The first-order valence-corrected chi connectivity index (χ1v) is 8.29. The lowest BCUT2D eigenvalue weighted by atomic mass is 10.1. The summed E-state index contributed by atoms with van der Waals surface area (Å²) in [5.41, 5.74) is 1.40. The predicted octanol–water partition coefficient (Wildman–Crippen LogP) is 1.92. The molecule has 1 atom stereocenters. The Labute approximate surface area is 116 Å². The molecule has 0 saturated heterocycles. The molecule has 1 rings (SSSR count). The zero-order chi connectivity index (χ0) is 13.9. The van der Waals surface area contributed by atoms with Crippen molar-refractivity contribution >= 4 is 31.7 Å². The zero-order valence-corrected chi connectivity index (χ0v) is 12.9. The normalized spacial score (nSPS) is 13.1. The van der Waals surface area contributed by atoms with E-state index in [9.17, 15) is 13.2 Å². The number of halogens is 1. The highest BCUT2D eigenvalue weighted by atomic mass is 79.9. The van der Waals surface area contributed by atoms with Crippen LogP contribution in [0.5, 0.6) is 0 Å². The minimum absolute atomic E-state index is 0.0637. The molecule has 0 unspecified atom stereocenters. The van der Waals surface area contributed by atoms with Gasteiger partial charge in [0.2, 0.25) is 0 Å². The van der Waals surface area contributed by atoms with Crippen LogP contribution in [-0.2, 0) is 9.84 Å². The monoisotopic (exact) mass is 333 g/mol. The Balaban J connectivity index is 2.80. The van der Waals surface area contributed by atoms with Crippen LogP contribution in [0, 0.1) is 6.92 Å². The Morgan fingerprint density at radius 3 is 2.61 bits per heavy atom. The molecule has 0 heterocycles. The van der Waals surface area contributed by atoms with Crippen molar-refractivity contribution in [3.05, 3.63) is 33.8 Å². The van der Waals surface area contributed by atoms with E-state index in [1.165, 1.54) is 0 Å². The molecule has 4 nitrogen and oxygen atoms in total. The van der Waals surface area contributed by atoms with Gasteiger partial charge in [-0.05, 0) is 31.5 Å². The van der Waals surface area contributed by atoms with E-state index in [0.717, 1.165) is 16.3 Å². The van der Waals surface area contributed by atoms with Crippen molar-refractivity contribution in [1.82, 2.24) is 5.32 Å². The Morgan fingerprint density at radius 1 is 1.44 bits per heavy atom. The molecular weight excluding hydrogens is 318 g/mol. The van der Waals surface area contributed by atoms with E-state index in [2.05, 4.69) is 21.2 Å². The average Bonchev–Trinajstić information content (AvgIpc) is 2.18. The van der Waals surface area contributed by atoms with Crippen molar-refractivity contribution in [3.8, 4) is 0 Å². The van der Waals surface area contributed by atoms with E-state index in [0.29, 0.717) is 5.56 Å². The minimum Gasteiger partial charge on any atom is -0.349 e. The van der Waals surface area contributed by atoms with E-state index in [1.807, 2.05) is 19.1 Å². The fourth-order valence-corrected chi connectivity index (χ4v) is 2.99. The summed E-state index contributed by atoms with van der Waals surface area (Å²) in [6.45, 7) is 3.51. The molecule has 0 aliphatic rings. The Bertz CT molecular complexity index is 554. The van der Waals surface area contributed by atoms with Gasteiger partial charge in [-0.2, -0.15) is 0 Å². The number of carbonyl (C=O) groups excluding carboxylic acids is 1. The second kappa shape index (κ2) is 5.84. The van der Waals surface area contributed by atoms with Crippen LogP contribution in [0.1, 0.15) is 22.8 Å². The van der Waals surface area contributed by atoms with Crippen LogP contribution in [0.2, 0.25) is 0 Å². The first-order chi connectivity index (χ1) is 8.19. The number of hydrogen-bond donors (Lipinski definition) is 1. The molecule has 0 radical (unpaired) electrons. The van der Waals surface area contributed by atoms with Gasteiger partial charge in [-0.1, -0.05) is 22.0 Å². The van der Waals surface area contributed by atoms with Gasteiger partial charge in [-0.25, -0.2) is 8.42 Å². The van der Waals surface area contributed by atoms with Gasteiger partial charge in [0.25, 0.3) is 5.91 Å². The van der Waals surface area contributed by atoms with Gasteiger partial charge in [-0.3, -0.25) is 4.79 Å². The lowest BCUT2D eigenvalue weighted by Gasteiger charge is -2.14. The molecule has 0 fully saturated rings. The van der Waals surface area contributed by atoms with Crippen LogP contribution in [0.3, 0.4) is 0 Å². The molecule has 1 amide bonds. The standard InChI is InChI=1S/C12H16BrNO3S/c1-8-4-5-10(13)6-11(8)12(15)14-9(2)7-18(3,16)17/h4-6,9H,7H2,1-3H3,(H,14,15)/t9-/m0/s1. The number of amides is 1. The minimum atomic E-state index is -3.09. The highest BCUT2D eigenvalue weighted by Gasteiger charge is 2.15. The number of sulfone groups is 1. The van der Waals surface area contributed by atoms with Gasteiger partial charge in [0.15, 0.2) is 0 Å². The van der Waals surface area contributed by atoms with Crippen molar-refractivity contribution in [2.24, 2.45) is 0 Å². The Morgan fingerprint density at radius 2 is 2.06 bits per heavy atom. The van der Waals surface area contributed by atoms with Crippen LogP contribution in [0.4, 0.5) is 0 Å². The lowest BCUT2D eigenvalue weighted by molar-refractivity contribution is 0.0943. The smallest absolute Gasteiger partial charge is 0.251 e. The summed E-state index contributed by atoms with van der Waals surface area (Å²) < 4.78 is 23.1. The molecule has 0 saturated carbocycles. The summed E-state index contributed by atoms with van der Waals surface area (Å²) in [4.78, 5) is 12.0. The molecular formula is C12H16BrNO3S. The largest absolute Gasteiger partial charge is 0.349 e. The number of aryl methyl sites for hydroxylation is 1. The molecule has 1 aromatic rings. The molecule has 18 heavy (non-hydrogen) atoms. The molecule has 0 bridgehead atoms. The first kappa shape index (κ1) is 15.2. The number of nitrogens with one attached hydrogen (secondary N) is 1. The molecule has 0 aromatic heterocycles. The summed E-state index contributed by atoms with van der Waals surface area (Å²) in [6, 6.07) is 5.00.